The van der Waals surface area contributed by atoms with Gasteiger partial charge >= 0.3 is 12.1 Å². The second-order valence-electron chi connectivity index (χ2n) is 9.48. The second kappa shape index (κ2) is 10.3. The molecule has 3 unspecified atom stereocenters. The van der Waals surface area contributed by atoms with E-state index in [9.17, 15) is 14.4 Å². The summed E-state index contributed by atoms with van der Waals surface area (Å²) in [6.07, 6.45) is 0.00587. The van der Waals surface area contributed by atoms with E-state index in [1.165, 1.54) is 0 Å². The van der Waals surface area contributed by atoms with Gasteiger partial charge in [0.05, 0.1) is 0 Å². The van der Waals surface area contributed by atoms with Crippen molar-refractivity contribution in [1.82, 2.24) is 10.2 Å². The van der Waals surface area contributed by atoms with Gasteiger partial charge in [-0.25, -0.2) is 4.79 Å². The first-order valence-corrected chi connectivity index (χ1v) is 12.0. The first-order chi connectivity index (χ1) is 16.3. The van der Waals surface area contributed by atoms with E-state index in [1.807, 2.05) is 36.4 Å². The lowest BCUT2D eigenvalue weighted by atomic mass is 9.88. The van der Waals surface area contributed by atoms with Gasteiger partial charge in [0, 0.05) is 25.4 Å². The molecule has 3 atom stereocenters. The zero-order valence-corrected chi connectivity index (χ0v) is 19.7. The lowest BCUT2D eigenvalue weighted by Gasteiger charge is -2.37. The van der Waals surface area contributed by atoms with Crippen LogP contribution in [0.15, 0.2) is 48.5 Å². The molecule has 0 spiro atoms. The van der Waals surface area contributed by atoms with Crippen LogP contribution in [0.4, 0.5) is 4.79 Å². The molecule has 0 bridgehead atoms. The highest BCUT2D eigenvalue weighted by Gasteiger charge is 2.33. The SMILES string of the molecule is CC1CCN(C(=O)C(CCC(=O)O)NC(=O)OCC2c3ccccc3-c3ccccc32)CC1C. The molecule has 0 saturated carbocycles. The monoisotopic (exact) mass is 464 g/mol. The molecule has 1 saturated heterocycles. The highest BCUT2D eigenvalue weighted by Crippen LogP contribution is 2.44. The minimum absolute atomic E-state index is 0.0266. The number of nitrogens with zero attached hydrogens (tertiary/aromatic N) is 1. The molecular weight excluding hydrogens is 432 g/mol. The van der Waals surface area contributed by atoms with E-state index in [4.69, 9.17) is 9.84 Å². The number of carbonyl (C=O) groups is 3. The van der Waals surface area contributed by atoms with Crippen molar-refractivity contribution in [3.63, 3.8) is 0 Å². The topological polar surface area (TPSA) is 95.9 Å². The maximum atomic E-state index is 13.1. The molecule has 2 amide bonds. The molecule has 1 aliphatic heterocycles. The number of amides is 2. The van der Waals surface area contributed by atoms with Gasteiger partial charge in [-0.15, -0.1) is 0 Å². The van der Waals surface area contributed by atoms with Gasteiger partial charge in [-0.05, 0) is 46.9 Å². The molecule has 7 heteroatoms. The van der Waals surface area contributed by atoms with Crippen molar-refractivity contribution in [2.24, 2.45) is 11.8 Å². The molecular formula is C27H32N2O5. The molecule has 1 fully saturated rings. The molecule has 2 aliphatic rings. The Morgan fingerprint density at radius 3 is 2.24 bits per heavy atom. The Kier molecular flexibility index (Phi) is 7.20. The van der Waals surface area contributed by atoms with Gasteiger partial charge in [0.15, 0.2) is 0 Å². The predicted octanol–water partition coefficient (Wildman–Crippen LogP) is 4.26. The lowest BCUT2D eigenvalue weighted by Crippen LogP contribution is -2.52. The average Bonchev–Trinajstić information content (AvgIpc) is 3.15. The van der Waals surface area contributed by atoms with E-state index in [0.29, 0.717) is 24.9 Å². The largest absolute Gasteiger partial charge is 0.481 e. The van der Waals surface area contributed by atoms with Crippen molar-refractivity contribution in [3.8, 4) is 11.1 Å². The van der Waals surface area contributed by atoms with Gasteiger partial charge < -0.3 is 20.1 Å². The second-order valence-corrected chi connectivity index (χ2v) is 9.48. The number of piperidine rings is 1. The Morgan fingerprint density at radius 2 is 1.65 bits per heavy atom. The van der Waals surface area contributed by atoms with Crippen LogP contribution in [0.5, 0.6) is 0 Å². The number of carboxylic acids is 1. The quantitative estimate of drug-likeness (QED) is 0.638. The van der Waals surface area contributed by atoms with E-state index in [2.05, 4.69) is 31.3 Å². The molecule has 1 aliphatic carbocycles. The number of ether oxygens (including phenoxy) is 1. The molecule has 2 aromatic rings. The third-order valence-electron chi connectivity index (χ3n) is 7.23. The fourth-order valence-corrected chi connectivity index (χ4v) is 4.99. The number of hydrogen-bond donors (Lipinski definition) is 2. The van der Waals surface area contributed by atoms with E-state index in [0.717, 1.165) is 28.7 Å². The standard InChI is InChI=1S/C27H32N2O5/c1-17-13-14-29(15-18(17)2)26(32)24(11-12-25(30)31)28-27(33)34-16-23-21-9-5-3-7-19(21)20-8-4-6-10-22(20)23/h3-10,17-18,23-24H,11-16H2,1-2H3,(H,28,33)(H,30,31). The number of benzene rings is 2. The summed E-state index contributed by atoms with van der Waals surface area (Å²) in [4.78, 5) is 38.8. The third kappa shape index (κ3) is 5.08. The molecule has 0 radical (unpaired) electrons. The molecule has 4 rings (SSSR count). The summed E-state index contributed by atoms with van der Waals surface area (Å²) in [5.74, 6) is -0.457. The van der Waals surface area contributed by atoms with Crippen molar-refractivity contribution in [1.29, 1.82) is 0 Å². The van der Waals surface area contributed by atoms with Crippen LogP contribution in [0, 0.1) is 11.8 Å². The Labute approximate surface area is 200 Å². The summed E-state index contributed by atoms with van der Waals surface area (Å²) < 4.78 is 5.58. The molecule has 7 nitrogen and oxygen atoms in total. The van der Waals surface area contributed by atoms with Crippen molar-refractivity contribution in [2.75, 3.05) is 19.7 Å². The summed E-state index contributed by atoms with van der Waals surface area (Å²) in [6.45, 7) is 5.63. The maximum Gasteiger partial charge on any atom is 0.407 e. The molecule has 34 heavy (non-hydrogen) atoms. The van der Waals surface area contributed by atoms with Crippen LogP contribution in [0.1, 0.15) is 50.2 Å². The van der Waals surface area contributed by atoms with Crippen LogP contribution in [0.25, 0.3) is 11.1 Å². The smallest absolute Gasteiger partial charge is 0.407 e. The normalized spacial score (nSPS) is 20.2. The number of carboxylic acid groups (broad SMARTS) is 1. The average molecular weight is 465 g/mol. The van der Waals surface area contributed by atoms with E-state index in [-0.39, 0.29) is 31.3 Å². The van der Waals surface area contributed by atoms with Crippen molar-refractivity contribution in [2.45, 2.75) is 45.1 Å². The number of nitrogens with one attached hydrogen (secondary N) is 1. The molecule has 2 aromatic carbocycles. The fourth-order valence-electron chi connectivity index (χ4n) is 4.99. The zero-order valence-electron chi connectivity index (χ0n) is 19.7. The predicted molar refractivity (Wildman–Crippen MR) is 128 cm³/mol. The van der Waals surface area contributed by atoms with Gasteiger partial charge in [-0.1, -0.05) is 62.4 Å². The van der Waals surface area contributed by atoms with Crippen molar-refractivity contribution < 1.29 is 24.2 Å². The minimum atomic E-state index is -1.01. The summed E-state index contributed by atoms with van der Waals surface area (Å²) in [5, 5.41) is 11.8. The molecule has 1 heterocycles. The minimum Gasteiger partial charge on any atom is -0.481 e. The van der Waals surface area contributed by atoms with Crippen LogP contribution in [0.2, 0.25) is 0 Å². The van der Waals surface area contributed by atoms with E-state index >= 15 is 0 Å². The summed E-state index contributed by atoms with van der Waals surface area (Å²) in [7, 11) is 0. The number of hydrogen-bond acceptors (Lipinski definition) is 4. The number of alkyl carbamates (subject to hydrolysis) is 1. The fraction of sp³-hybridized carbons (Fsp3) is 0.444. The molecule has 2 N–H and O–H groups in total. The molecule has 0 aromatic heterocycles. The van der Waals surface area contributed by atoms with Gasteiger partial charge in [-0.3, -0.25) is 9.59 Å². The number of rotatable bonds is 7. The first kappa shape index (κ1) is 23.8. The maximum absolute atomic E-state index is 13.1. The number of aliphatic carboxylic acids is 1. The number of fused-ring (bicyclic) bond motifs is 3. The summed E-state index contributed by atoms with van der Waals surface area (Å²) in [5.41, 5.74) is 4.47. The highest BCUT2D eigenvalue weighted by atomic mass is 16.5. The number of likely N-dealkylation sites (tertiary alicyclic amines) is 1. The Hall–Kier alpha value is -3.35. The Balaban J connectivity index is 1.42. The van der Waals surface area contributed by atoms with Gasteiger partial charge in [0.1, 0.15) is 12.6 Å². The van der Waals surface area contributed by atoms with Gasteiger partial charge in [0.2, 0.25) is 5.91 Å². The number of carbonyl (C=O) groups excluding carboxylic acids is 2. The zero-order chi connectivity index (χ0) is 24.2. The first-order valence-electron chi connectivity index (χ1n) is 12.0. The Bertz CT molecular complexity index is 1020. The van der Waals surface area contributed by atoms with Crippen LogP contribution < -0.4 is 5.32 Å². The highest BCUT2D eigenvalue weighted by molar-refractivity contribution is 5.86. The molecule has 180 valence electrons. The van der Waals surface area contributed by atoms with Crippen LogP contribution >= 0.6 is 0 Å². The van der Waals surface area contributed by atoms with Gasteiger partial charge in [0.25, 0.3) is 0 Å². The Morgan fingerprint density at radius 1 is 1.03 bits per heavy atom. The van der Waals surface area contributed by atoms with Crippen LogP contribution in [0.3, 0.4) is 0 Å². The van der Waals surface area contributed by atoms with E-state index < -0.39 is 18.1 Å². The van der Waals surface area contributed by atoms with Crippen molar-refractivity contribution >= 4 is 18.0 Å². The summed E-state index contributed by atoms with van der Waals surface area (Å²) in [6, 6.07) is 15.2. The van der Waals surface area contributed by atoms with Crippen LogP contribution in [-0.2, 0) is 14.3 Å². The van der Waals surface area contributed by atoms with Crippen LogP contribution in [-0.4, -0.2) is 53.7 Å². The van der Waals surface area contributed by atoms with Crippen molar-refractivity contribution in [3.05, 3.63) is 59.7 Å². The third-order valence-corrected chi connectivity index (χ3v) is 7.23. The van der Waals surface area contributed by atoms with E-state index in [1.54, 1.807) is 4.90 Å². The van der Waals surface area contributed by atoms with Gasteiger partial charge in [-0.2, -0.15) is 0 Å². The summed E-state index contributed by atoms with van der Waals surface area (Å²) >= 11 is 0. The lowest BCUT2D eigenvalue weighted by molar-refractivity contribution is -0.138.